The Morgan fingerprint density at radius 3 is 2.20 bits per heavy atom. The van der Waals surface area contributed by atoms with E-state index in [0.29, 0.717) is 18.1 Å². The molecular weight excluding hydrogens is 339 g/mol. The lowest BCUT2D eigenvalue weighted by Gasteiger charge is -2.14. The van der Waals surface area contributed by atoms with Crippen LogP contribution in [0.15, 0.2) is 48.5 Å². The molecule has 0 heterocycles. The number of hydrogen-bond acceptors (Lipinski definition) is 4. The highest BCUT2D eigenvalue weighted by atomic mass is 19.4. The third-order valence-electron chi connectivity index (χ3n) is 2.89. The monoisotopic (exact) mass is 355 g/mol. The van der Waals surface area contributed by atoms with E-state index in [-0.39, 0.29) is 12.3 Å². The molecule has 0 unspecified atom stereocenters. The van der Waals surface area contributed by atoms with Crippen LogP contribution in [0.1, 0.15) is 6.92 Å². The summed E-state index contributed by atoms with van der Waals surface area (Å²) in [7, 11) is 0. The third-order valence-corrected chi connectivity index (χ3v) is 2.89. The standard InChI is InChI=1S/C17H16F3NO4/c1-2-23-12-7-9-13(10-8-12)24-11-16(22)21-14-5-3-4-6-15(14)25-17(18,19)20/h3-10H,2,11H2,1H3,(H,21,22). The average molecular weight is 355 g/mol. The zero-order valence-electron chi connectivity index (χ0n) is 13.3. The molecule has 2 rings (SSSR count). The number of carbonyl (C=O) groups excluding carboxylic acids is 1. The van der Waals surface area contributed by atoms with Gasteiger partial charge in [-0.1, -0.05) is 12.1 Å². The number of para-hydroxylation sites is 2. The Hall–Kier alpha value is -2.90. The Bertz CT molecular complexity index is 702. The van der Waals surface area contributed by atoms with Crippen molar-refractivity contribution in [2.24, 2.45) is 0 Å². The summed E-state index contributed by atoms with van der Waals surface area (Å²) in [5.74, 6) is -0.0208. The molecule has 134 valence electrons. The van der Waals surface area contributed by atoms with Crippen molar-refractivity contribution in [2.45, 2.75) is 13.3 Å². The van der Waals surface area contributed by atoms with E-state index in [1.807, 2.05) is 6.92 Å². The summed E-state index contributed by atoms with van der Waals surface area (Å²) >= 11 is 0. The molecule has 2 aromatic carbocycles. The highest BCUT2D eigenvalue weighted by Gasteiger charge is 2.32. The molecule has 0 aliphatic rings. The van der Waals surface area contributed by atoms with Crippen molar-refractivity contribution in [1.29, 1.82) is 0 Å². The second-order valence-corrected chi connectivity index (χ2v) is 4.79. The van der Waals surface area contributed by atoms with Crippen molar-refractivity contribution >= 4 is 11.6 Å². The summed E-state index contributed by atoms with van der Waals surface area (Å²) in [5, 5.41) is 2.32. The molecule has 0 aliphatic heterocycles. The quantitative estimate of drug-likeness (QED) is 0.816. The van der Waals surface area contributed by atoms with E-state index in [0.717, 1.165) is 6.07 Å². The van der Waals surface area contributed by atoms with Crippen LogP contribution in [-0.2, 0) is 4.79 Å². The molecule has 0 fully saturated rings. The van der Waals surface area contributed by atoms with Crippen LogP contribution in [0.2, 0.25) is 0 Å². The zero-order chi connectivity index (χ0) is 18.3. The number of rotatable bonds is 7. The first kappa shape index (κ1) is 18.4. The van der Waals surface area contributed by atoms with Crippen molar-refractivity contribution in [3.63, 3.8) is 0 Å². The minimum atomic E-state index is -4.85. The number of carbonyl (C=O) groups is 1. The summed E-state index contributed by atoms with van der Waals surface area (Å²) in [6, 6.07) is 11.9. The van der Waals surface area contributed by atoms with Crippen LogP contribution >= 0.6 is 0 Å². The molecule has 0 saturated carbocycles. The fourth-order valence-electron chi connectivity index (χ4n) is 1.92. The minimum Gasteiger partial charge on any atom is -0.494 e. The van der Waals surface area contributed by atoms with E-state index in [4.69, 9.17) is 9.47 Å². The van der Waals surface area contributed by atoms with E-state index < -0.39 is 18.0 Å². The fraction of sp³-hybridized carbons (Fsp3) is 0.235. The third kappa shape index (κ3) is 6.25. The van der Waals surface area contributed by atoms with Gasteiger partial charge in [0, 0.05) is 0 Å². The van der Waals surface area contributed by atoms with Gasteiger partial charge in [0.15, 0.2) is 12.4 Å². The van der Waals surface area contributed by atoms with Gasteiger partial charge in [0.25, 0.3) is 5.91 Å². The summed E-state index contributed by atoms with van der Waals surface area (Å²) in [4.78, 5) is 11.9. The van der Waals surface area contributed by atoms with Gasteiger partial charge in [-0.2, -0.15) is 0 Å². The van der Waals surface area contributed by atoms with Gasteiger partial charge >= 0.3 is 6.36 Å². The fourth-order valence-corrected chi connectivity index (χ4v) is 1.92. The summed E-state index contributed by atoms with van der Waals surface area (Å²) in [6.07, 6.45) is -4.85. The van der Waals surface area contributed by atoms with Crippen LogP contribution in [0.25, 0.3) is 0 Å². The van der Waals surface area contributed by atoms with Gasteiger partial charge in [-0.3, -0.25) is 4.79 Å². The Morgan fingerprint density at radius 1 is 1.00 bits per heavy atom. The predicted octanol–water partition coefficient (Wildman–Crippen LogP) is 4.00. The second kappa shape index (κ2) is 8.27. The molecule has 0 bridgehead atoms. The van der Waals surface area contributed by atoms with Crippen molar-refractivity contribution in [1.82, 2.24) is 0 Å². The molecule has 1 amide bonds. The highest BCUT2D eigenvalue weighted by molar-refractivity contribution is 5.93. The van der Waals surface area contributed by atoms with Crippen LogP contribution in [0, 0.1) is 0 Å². The molecule has 8 heteroatoms. The maximum absolute atomic E-state index is 12.3. The Kier molecular flexibility index (Phi) is 6.10. The number of ether oxygens (including phenoxy) is 3. The van der Waals surface area contributed by atoms with Gasteiger partial charge in [0.1, 0.15) is 11.5 Å². The van der Waals surface area contributed by atoms with E-state index >= 15 is 0 Å². The maximum atomic E-state index is 12.3. The van der Waals surface area contributed by atoms with Crippen molar-refractivity contribution in [2.75, 3.05) is 18.5 Å². The molecule has 5 nitrogen and oxygen atoms in total. The molecule has 2 aromatic rings. The van der Waals surface area contributed by atoms with Crippen molar-refractivity contribution < 1.29 is 32.2 Å². The van der Waals surface area contributed by atoms with E-state index in [2.05, 4.69) is 10.1 Å². The zero-order valence-corrected chi connectivity index (χ0v) is 13.3. The molecular formula is C17H16F3NO4. The molecule has 25 heavy (non-hydrogen) atoms. The largest absolute Gasteiger partial charge is 0.573 e. The van der Waals surface area contributed by atoms with Gasteiger partial charge in [-0.25, -0.2) is 0 Å². The summed E-state index contributed by atoms with van der Waals surface area (Å²) in [5.41, 5.74) is -0.0971. The molecule has 1 N–H and O–H groups in total. The van der Waals surface area contributed by atoms with E-state index in [1.54, 1.807) is 24.3 Å². The predicted molar refractivity (Wildman–Crippen MR) is 84.9 cm³/mol. The van der Waals surface area contributed by atoms with E-state index in [9.17, 15) is 18.0 Å². The number of alkyl halides is 3. The topological polar surface area (TPSA) is 56.8 Å². The van der Waals surface area contributed by atoms with Crippen LogP contribution in [0.3, 0.4) is 0 Å². The maximum Gasteiger partial charge on any atom is 0.573 e. The molecule has 0 aliphatic carbocycles. The number of halogens is 3. The molecule has 0 aromatic heterocycles. The normalized spacial score (nSPS) is 10.9. The molecule has 0 atom stereocenters. The number of amides is 1. The van der Waals surface area contributed by atoms with Gasteiger partial charge in [0.2, 0.25) is 0 Å². The van der Waals surface area contributed by atoms with Gasteiger partial charge in [0.05, 0.1) is 12.3 Å². The van der Waals surface area contributed by atoms with E-state index in [1.165, 1.54) is 18.2 Å². The lowest BCUT2D eigenvalue weighted by atomic mass is 10.3. The van der Waals surface area contributed by atoms with Crippen molar-refractivity contribution in [3.8, 4) is 17.2 Å². The van der Waals surface area contributed by atoms with Crippen LogP contribution in [0.5, 0.6) is 17.2 Å². The smallest absolute Gasteiger partial charge is 0.494 e. The first-order valence-corrected chi connectivity index (χ1v) is 7.37. The molecule has 0 saturated heterocycles. The second-order valence-electron chi connectivity index (χ2n) is 4.79. The minimum absolute atomic E-state index is 0.0971. The number of benzene rings is 2. The first-order valence-electron chi connectivity index (χ1n) is 7.37. The molecule has 0 radical (unpaired) electrons. The Morgan fingerprint density at radius 2 is 1.60 bits per heavy atom. The average Bonchev–Trinajstić information content (AvgIpc) is 2.55. The van der Waals surface area contributed by atoms with Gasteiger partial charge < -0.3 is 19.5 Å². The number of nitrogens with one attached hydrogen (secondary N) is 1. The summed E-state index contributed by atoms with van der Waals surface area (Å²) < 4.78 is 51.5. The lowest BCUT2D eigenvalue weighted by molar-refractivity contribution is -0.274. The van der Waals surface area contributed by atoms with Crippen LogP contribution < -0.4 is 19.5 Å². The number of anilines is 1. The summed E-state index contributed by atoms with van der Waals surface area (Å²) in [6.45, 7) is 2.02. The van der Waals surface area contributed by atoms with Gasteiger partial charge in [-0.05, 0) is 43.3 Å². The van der Waals surface area contributed by atoms with Crippen LogP contribution in [-0.4, -0.2) is 25.5 Å². The lowest BCUT2D eigenvalue weighted by Crippen LogP contribution is -2.22. The van der Waals surface area contributed by atoms with Crippen molar-refractivity contribution in [3.05, 3.63) is 48.5 Å². The van der Waals surface area contributed by atoms with Gasteiger partial charge in [-0.15, -0.1) is 13.2 Å². The highest BCUT2D eigenvalue weighted by Crippen LogP contribution is 2.29. The first-order chi connectivity index (χ1) is 11.9. The Labute approximate surface area is 142 Å². The molecule has 0 spiro atoms. The Balaban J connectivity index is 1.92. The van der Waals surface area contributed by atoms with Crippen LogP contribution in [0.4, 0.5) is 18.9 Å². The number of hydrogen-bond donors (Lipinski definition) is 1. The SMILES string of the molecule is CCOc1ccc(OCC(=O)Nc2ccccc2OC(F)(F)F)cc1.